The zero-order valence-corrected chi connectivity index (χ0v) is 17.1. The number of rotatable bonds is 7. The molecule has 1 aliphatic heterocycles. The first-order valence-corrected chi connectivity index (χ1v) is 10.4. The average Bonchev–Trinajstić information content (AvgIpc) is 3.15. The van der Waals surface area contributed by atoms with Gasteiger partial charge in [0.25, 0.3) is 0 Å². The van der Waals surface area contributed by atoms with E-state index in [0.717, 1.165) is 12.1 Å². The molecule has 11 heteroatoms. The van der Waals surface area contributed by atoms with Crippen LogP contribution in [0.5, 0.6) is 0 Å². The number of hydrogen-bond acceptors (Lipinski definition) is 7. The second kappa shape index (κ2) is 8.19. The van der Waals surface area contributed by atoms with E-state index in [9.17, 15) is 12.8 Å². The Hall–Kier alpha value is -1.95. The minimum absolute atomic E-state index is 0.0717. The Labute approximate surface area is 164 Å². The largest absolute Gasteiger partial charge is 0.383 e. The Bertz CT molecular complexity index is 902. The molecule has 0 bridgehead atoms. The van der Waals surface area contributed by atoms with Crippen LogP contribution in [0.2, 0.25) is 0 Å². The Morgan fingerprint density at radius 1 is 1.29 bits per heavy atom. The molecule has 1 aromatic carbocycles. The van der Waals surface area contributed by atoms with Gasteiger partial charge in [-0.2, -0.15) is 4.31 Å². The van der Waals surface area contributed by atoms with Gasteiger partial charge in [0.1, 0.15) is 5.82 Å². The van der Waals surface area contributed by atoms with Gasteiger partial charge >= 0.3 is 0 Å². The summed E-state index contributed by atoms with van der Waals surface area (Å²) in [5, 5.41) is 12.1. The quantitative estimate of drug-likeness (QED) is 0.661. The second-order valence-electron chi connectivity index (χ2n) is 7.04. The molecule has 1 fully saturated rings. The van der Waals surface area contributed by atoms with E-state index in [1.165, 1.54) is 16.4 Å². The number of aromatic nitrogens is 4. The van der Waals surface area contributed by atoms with Gasteiger partial charge in [-0.1, -0.05) is 0 Å². The minimum Gasteiger partial charge on any atom is -0.383 e. The number of methoxy groups -OCH3 is 1. The summed E-state index contributed by atoms with van der Waals surface area (Å²) in [4.78, 5) is 2.04. The summed E-state index contributed by atoms with van der Waals surface area (Å²) < 4.78 is 47.7. The second-order valence-corrected chi connectivity index (χ2v) is 8.98. The molecular weight excluding hydrogens is 387 g/mol. The van der Waals surface area contributed by atoms with Crippen molar-refractivity contribution in [2.24, 2.45) is 0 Å². The number of ether oxygens (including phenoxy) is 1. The summed E-state index contributed by atoms with van der Waals surface area (Å²) in [5.41, 5.74) is -0.678. The van der Waals surface area contributed by atoms with E-state index in [0.29, 0.717) is 38.4 Å². The van der Waals surface area contributed by atoms with Crippen molar-refractivity contribution in [1.82, 2.24) is 29.4 Å². The normalized spacial score (nSPS) is 21.3. The van der Waals surface area contributed by atoms with Crippen LogP contribution >= 0.6 is 0 Å². The predicted molar refractivity (Wildman–Crippen MR) is 99.5 cm³/mol. The van der Waals surface area contributed by atoms with Crippen molar-refractivity contribution in [3.8, 4) is 0 Å². The first kappa shape index (κ1) is 20.8. The molecule has 1 saturated heterocycles. The summed E-state index contributed by atoms with van der Waals surface area (Å²) >= 11 is 0. The smallest absolute Gasteiger partial charge is 0.243 e. The van der Waals surface area contributed by atoms with Crippen LogP contribution in [-0.2, 0) is 26.8 Å². The van der Waals surface area contributed by atoms with E-state index < -0.39 is 21.4 Å². The van der Waals surface area contributed by atoms with Gasteiger partial charge in [0.2, 0.25) is 10.0 Å². The molecule has 1 aromatic heterocycles. The van der Waals surface area contributed by atoms with Crippen molar-refractivity contribution >= 4 is 10.0 Å². The molecule has 2 aromatic rings. The summed E-state index contributed by atoms with van der Waals surface area (Å²) in [7, 11) is 1.62. The van der Waals surface area contributed by atoms with E-state index in [1.54, 1.807) is 11.8 Å². The van der Waals surface area contributed by atoms with E-state index in [-0.39, 0.29) is 11.4 Å². The molecule has 1 unspecified atom stereocenters. The van der Waals surface area contributed by atoms with Gasteiger partial charge in [-0.25, -0.2) is 17.5 Å². The lowest BCUT2D eigenvalue weighted by molar-refractivity contribution is 0.0620. The number of sulfonamides is 1. The van der Waals surface area contributed by atoms with Gasteiger partial charge in [-0.15, -0.1) is 5.10 Å². The van der Waals surface area contributed by atoms with Crippen LogP contribution in [0.25, 0.3) is 0 Å². The van der Waals surface area contributed by atoms with Crippen molar-refractivity contribution in [3.63, 3.8) is 0 Å². The Morgan fingerprint density at radius 2 is 2.00 bits per heavy atom. The molecular formula is C17H25FN6O3S. The van der Waals surface area contributed by atoms with Crippen molar-refractivity contribution in [2.45, 2.75) is 29.8 Å². The molecule has 9 nitrogen and oxygen atoms in total. The van der Waals surface area contributed by atoms with Crippen LogP contribution in [-0.4, -0.2) is 78.7 Å². The number of likely N-dealkylation sites (N-methyl/N-ethyl adjacent to an activating group) is 1. The van der Waals surface area contributed by atoms with Crippen LogP contribution < -0.4 is 0 Å². The van der Waals surface area contributed by atoms with Crippen LogP contribution in [0, 0.1) is 5.82 Å². The van der Waals surface area contributed by atoms with Crippen LogP contribution in [0.3, 0.4) is 0 Å². The molecule has 0 saturated carbocycles. The van der Waals surface area contributed by atoms with Gasteiger partial charge < -0.3 is 4.74 Å². The van der Waals surface area contributed by atoms with Crippen molar-refractivity contribution in [3.05, 3.63) is 35.9 Å². The lowest BCUT2D eigenvalue weighted by Crippen LogP contribution is -2.56. The Balaban J connectivity index is 1.96. The van der Waals surface area contributed by atoms with Gasteiger partial charge in [0.15, 0.2) is 5.82 Å². The first-order valence-electron chi connectivity index (χ1n) is 9.00. The van der Waals surface area contributed by atoms with Gasteiger partial charge in [0.05, 0.1) is 23.6 Å². The fourth-order valence-corrected chi connectivity index (χ4v) is 5.10. The lowest BCUT2D eigenvalue weighted by atomic mass is 9.88. The van der Waals surface area contributed by atoms with Crippen molar-refractivity contribution < 1.29 is 17.5 Å². The van der Waals surface area contributed by atoms with Crippen LogP contribution in [0.4, 0.5) is 4.39 Å². The van der Waals surface area contributed by atoms with Crippen molar-refractivity contribution in [1.29, 1.82) is 0 Å². The maximum Gasteiger partial charge on any atom is 0.243 e. The first-order chi connectivity index (χ1) is 13.3. The maximum atomic E-state index is 13.2. The number of nitrogens with zero attached hydrogens (tertiary/aromatic N) is 6. The minimum atomic E-state index is -3.77. The van der Waals surface area contributed by atoms with Crippen LogP contribution in [0.15, 0.2) is 29.2 Å². The SMILES string of the molecule is COCCn1nnnc1C1(N(C)C)CCCN(S(=O)(=O)c2ccc(F)cc2)C1. The van der Waals surface area contributed by atoms with Gasteiger partial charge in [0, 0.05) is 20.2 Å². The third-order valence-corrected chi connectivity index (χ3v) is 7.06. The standard InChI is InChI=1S/C17H25FN6O3S/c1-22(2)17(16-19-20-21-24(16)11-12-27-3)9-4-10-23(13-17)28(25,26)15-7-5-14(18)6-8-15/h5-8H,4,9-13H2,1-3H3. The van der Waals surface area contributed by atoms with E-state index >= 15 is 0 Å². The molecule has 0 N–H and O–H groups in total. The highest BCUT2D eigenvalue weighted by Gasteiger charge is 2.46. The summed E-state index contributed by atoms with van der Waals surface area (Å²) in [6, 6.07) is 4.89. The third kappa shape index (κ3) is 3.79. The highest BCUT2D eigenvalue weighted by atomic mass is 32.2. The molecule has 0 radical (unpaired) electrons. The Kier molecular flexibility index (Phi) is 6.08. The Morgan fingerprint density at radius 3 is 2.64 bits per heavy atom. The maximum absolute atomic E-state index is 13.2. The summed E-state index contributed by atoms with van der Waals surface area (Å²) in [6.07, 6.45) is 1.36. The predicted octanol–water partition coefficient (Wildman–Crippen LogP) is 0.700. The molecule has 1 atom stereocenters. The molecule has 0 aliphatic carbocycles. The lowest BCUT2D eigenvalue weighted by Gasteiger charge is -2.45. The highest BCUT2D eigenvalue weighted by molar-refractivity contribution is 7.89. The number of tetrazole rings is 1. The van der Waals surface area contributed by atoms with E-state index in [1.807, 2.05) is 19.0 Å². The summed E-state index contributed by atoms with van der Waals surface area (Å²) in [6.45, 7) is 1.50. The number of benzene rings is 1. The van der Waals surface area contributed by atoms with E-state index in [2.05, 4.69) is 15.5 Å². The third-order valence-electron chi connectivity index (χ3n) is 5.20. The fourth-order valence-electron chi connectivity index (χ4n) is 3.57. The number of hydrogen-bond donors (Lipinski definition) is 0. The average molecular weight is 412 g/mol. The zero-order chi connectivity index (χ0) is 20.4. The highest BCUT2D eigenvalue weighted by Crippen LogP contribution is 2.36. The molecule has 0 amide bonds. The van der Waals surface area contributed by atoms with Gasteiger partial charge in [-0.05, 0) is 61.6 Å². The van der Waals surface area contributed by atoms with Gasteiger partial charge in [-0.3, -0.25) is 4.90 Å². The molecule has 154 valence electrons. The molecule has 2 heterocycles. The zero-order valence-electron chi connectivity index (χ0n) is 16.2. The van der Waals surface area contributed by atoms with Crippen LogP contribution in [0.1, 0.15) is 18.7 Å². The van der Waals surface area contributed by atoms with Crippen molar-refractivity contribution in [2.75, 3.05) is 40.9 Å². The molecule has 3 rings (SSSR count). The molecule has 28 heavy (non-hydrogen) atoms. The topological polar surface area (TPSA) is 93.4 Å². The monoisotopic (exact) mass is 412 g/mol. The number of piperidine rings is 1. The number of halogens is 1. The fraction of sp³-hybridized carbons (Fsp3) is 0.588. The summed E-state index contributed by atoms with van der Waals surface area (Å²) in [5.74, 6) is 0.131. The molecule has 0 spiro atoms. The van der Waals surface area contributed by atoms with E-state index in [4.69, 9.17) is 4.74 Å². The molecule has 1 aliphatic rings.